The number of halogens is 1. The standard InChI is InChI=1S/C13H18ClNO3/c1-2-11-6-7-13(12(10-11)15(16)17)18-9-5-3-4-8-14/h6-7,10H,2-5,8-9H2,1H3. The Balaban J connectivity index is 2.61. The molecule has 0 aliphatic carbocycles. The number of benzene rings is 1. The summed E-state index contributed by atoms with van der Waals surface area (Å²) >= 11 is 5.57. The number of hydrogen-bond donors (Lipinski definition) is 0. The van der Waals surface area contributed by atoms with Crippen molar-refractivity contribution in [2.75, 3.05) is 12.5 Å². The summed E-state index contributed by atoms with van der Waals surface area (Å²) in [7, 11) is 0. The molecule has 0 unspecified atom stereocenters. The Morgan fingerprint density at radius 2 is 2.11 bits per heavy atom. The first-order valence-electron chi connectivity index (χ1n) is 6.15. The molecule has 0 aliphatic heterocycles. The van der Waals surface area contributed by atoms with E-state index in [9.17, 15) is 10.1 Å². The summed E-state index contributed by atoms with van der Waals surface area (Å²) < 4.78 is 5.46. The molecule has 0 saturated carbocycles. The van der Waals surface area contributed by atoms with Gasteiger partial charge in [0.05, 0.1) is 11.5 Å². The van der Waals surface area contributed by atoms with Crippen LogP contribution in [0.3, 0.4) is 0 Å². The van der Waals surface area contributed by atoms with Crippen LogP contribution in [-0.4, -0.2) is 17.4 Å². The van der Waals surface area contributed by atoms with Gasteiger partial charge in [0.1, 0.15) is 0 Å². The molecular formula is C13H18ClNO3. The average molecular weight is 272 g/mol. The molecule has 100 valence electrons. The first-order chi connectivity index (χ1) is 8.69. The molecule has 1 aromatic carbocycles. The van der Waals surface area contributed by atoms with Crippen molar-refractivity contribution in [1.29, 1.82) is 0 Å². The minimum Gasteiger partial charge on any atom is -0.487 e. The molecule has 0 aliphatic rings. The third-order valence-corrected chi connectivity index (χ3v) is 2.93. The topological polar surface area (TPSA) is 52.4 Å². The summed E-state index contributed by atoms with van der Waals surface area (Å²) in [4.78, 5) is 10.5. The zero-order valence-electron chi connectivity index (χ0n) is 10.5. The van der Waals surface area contributed by atoms with E-state index in [1.165, 1.54) is 0 Å². The van der Waals surface area contributed by atoms with Crippen LogP contribution in [0.5, 0.6) is 5.75 Å². The molecule has 0 amide bonds. The van der Waals surface area contributed by atoms with Crippen molar-refractivity contribution in [3.63, 3.8) is 0 Å². The van der Waals surface area contributed by atoms with Crippen molar-refractivity contribution in [3.8, 4) is 5.75 Å². The molecule has 1 rings (SSSR count). The maximum Gasteiger partial charge on any atom is 0.311 e. The highest BCUT2D eigenvalue weighted by molar-refractivity contribution is 6.17. The Kier molecular flexibility index (Phi) is 6.50. The van der Waals surface area contributed by atoms with Gasteiger partial charge in [0, 0.05) is 11.9 Å². The van der Waals surface area contributed by atoms with Crippen LogP contribution in [0, 0.1) is 10.1 Å². The van der Waals surface area contributed by atoms with E-state index in [1.54, 1.807) is 12.1 Å². The van der Waals surface area contributed by atoms with E-state index in [1.807, 2.05) is 13.0 Å². The lowest BCUT2D eigenvalue weighted by atomic mass is 10.1. The molecule has 0 spiro atoms. The average Bonchev–Trinajstić information content (AvgIpc) is 2.38. The van der Waals surface area contributed by atoms with E-state index in [2.05, 4.69) is 0 Å². The van der Waals surface area contributed by atoms with E-state index in [0.717, 1.165) is 31.2 Å². The van der Waals surface area contributed by atoms with Gasteiger partial charge in [-0.15, -0.1) is 11.6 Å². The van der Waals surface area contributed by atoms with Crippen molar-refractivity contribution in [2.45, 2.75) is 32.6 Å². The second kappa shape index (κ2) is 7.93. The summed E-state index contributed by atoms with van der Waals surface area (Å²) in [6.45, 7) is 2.45. The highest BCUT2D eigenvalue weighted by Gasteiger charge is 2.15. The smallest absolute Gasteiger partial charge is 0.311 e. The van der Waals surface area contributed by atoms with Crippen LogP contribution in [0.2, 0.25) is 0 Å². The van der Waals surface area contributed by atoms with Crippen LogP contribution < -0.4 is 4.74 Å². The van der Waals surface area contributed by atoms with E-state index in [-0.39, 0.29) is 5.69 Å². The maximum atomic E-state index is 10.9. The first-order valence-corrected chi connectivity index (χ1v) is 6.68. The highest BCUT2D eigenvalue weighted by Crippen LogP contribution is 2.28. The zero-order chi connectivity index (χ0) is 13.4. The number of hydrogen-bond acceptors (Lipinski definition) is 3. The zero-order valence-corrected chi connectivity index (χ0v) is 11.3. The third-order valence-electron chi connectivity index (χ3n) is 2.66. The largest absolute Gasteiger partial charge is 0.487 e. The van der Waals surface area contributed by atoms with Crippen LogP contribution in [0.1, 0.15) is 31.7 Å². The predicted molar refractivity (Wildman–Crippen MR) is 72.5 cm³/mol. The van der Waals surface area contributed by atoms with Gasteiger partial charge in [-0.2, -0.15) is 0 Å². The quantitative estimate of drug-likeness (QED) is 0.311. The van der Waals surface area contributed by atoms with Crippen molar-refractivity contribution >= 4 is 17.3 Å². The van der Waals surface area contributed by atoms with Crippen LogP contribution in [0.15, 0.2) is 18.2 Å². The van der Waals surface area contributed by atoms with E-state index >= 15 is 0 Å². The normalized spacial score (nSPS) is 10.3. The lowest BCUT2D eigenvalue weighted by Crippen LogP contribution is -2.01. The fraction of sp³-hybridized carbons (Fsp3) is 0.538. The van der Waals surface area contributed by atoms with Crippen molar-refractivity contribution in [2.24, 2.45) is 0 Å². The third kappa shape index (κ3) is 4.53. The van der Waals surface area contributed by atoms with Gasteiger partial charge in [-0.1, -0.05) is 13.0 Å². The van der Waals surface area contributed by atoms with Gasteiger partial charge in [0.15, 0.2) is 5.75 Å². The van der Waals surface area contributed by atoms with Gasteiger partial charge in [-0.05, 0) is 37.3 Å². The van der Waals surface area contributed by atoms with E-state index in [0.29, 0.717) is 18.2 Å². The fourth-order valence-corrected chi connectivity index (χ4v) is 1.79. The number of nitro benzene ring substituents is 1. The summed E-state index contributed by atoms with van der Waals surface area (Å²) in [5.74, 6) is 0.994. The number of rotatable bonds is 8. The molecule has 0 heterocycles. The van der Waals surface area contributed by atoms with Crippen molar-refractivity contribution < 1.29 is 9.66 Å². The van der Waals surface area contributed by atoms with Crippen LogP contribution in [0.4, 0.5) is 5.69 Å². The lowest BCUT2D eigenvalue weighted by Gasteiger charge is -2.07. The number of aryl methyl sites for hydroxylation is 1. The number of ether oxygens (including phenoxy) is 1. The molecule has 0 bridgehead atoms. The Morgan fingerprint density at radius 1 is 1.33 bits per heavy atom. The second-order valence-corrected chi connectivity index (χ2v) is 4.39. The SMILES string of the molecule is CCc1ccc(OCCCCCCl)c([N+](=O)[O-])c1. The number of nitrogens with zero attached hydrogens (tertiary/aromatic N) is 1. The Hall–Kier alpha value is -1.29. The molecule has 4 nitrogen and oxygen atoms in total. The molecule has 0 N–H and O–H groups in total. The van der Waals surface area contributed by atoms with Crippen LogP contribution >= 0.6 is 11.6 Å². The van der Waals surface area contributed by atoms with Gasteiger partial charge >= 0.3 is 5.69 Å². The Labute approximate surface area is 112 Å². The molecule has 1 aromatic rings. The minimum atomic E-state index is -0.396. The molecule has 0 aromatic heterocycles. The van der Waals surface area contributed by atoms with Crippen LogP contribution in [-0.2, 0) is 6.42 Å². The van der Waals surface area contributed by atoms with Gasteiger partial charge in [-0.25, -0.2) is 0 Å². The first kappa shape index (κ1) is 14.8. The predicted octanol–water partition coefficient (Wildman–Crippen LogP) is 3.95. The van der Waals surface area contributed by atoms with Crippen molar-refractivity contribution in [1.82, 2.24) is 0 Å². The molecule has 0 fully saturated rings. The maximum absolute atomic E-state index is 10.9. The number of nitro groups is 1. The molecule has 18 heavy (non-hydrogen) atoms. The summed E-state index contributed by atoms with van der Waals surface area (Å²) in [5, 5.41) is 10.9. The van der Waals surface area contributed by atoms with Crippen LogP contribution in [0.25, 0.3) is 0 Å². The fourth-order valence-electron chi connectivity index (χ4n) is 1.60. The molecule has 0 atom stereocenters. The number of alkyl halides is 1. The number of unbranched alkanes of at least 4 members (excludes halogenated alkanes) is 2. The Morgan fingerprint density at radius 3 is 2.72 bits per heavy atom. The van der Waals surface area contributed by atoms with Gasteiger partial charge in [0.2, 0.25) is 0 Å². The van der Waals surface area contributed by atoms with Crippen molar-refractivity contribution in [3.05, 3.63) is 33.9 Å². The minimum absolute atomic E-state index is 0.0479. The molecule has 0 radical (unpaired) electrons. The highest BCUT2D eigenvalue weighted by atomic mass is 35.5. The van der Waals surface area contributed by atoms with E-state index < -0.39 is 4.92 Å². The van der Waals surface area contributed by atoms with Gasteiger partial charge in [0.25, 0.3) is 0 Å². The lowest BCUT2D eigenvalue weighted by molar-refractivity contribution is -0.385. The second-order valence-electron chi connectivity index (χ2n) is 4.01. The molecule has 5 heteroatoms. The van der Waals surface area contributed by atoms with Gasteiger partial charge < -0.3 is 4.74 Å². The van der Waals surface area contributed by atoms with Gasteiger partial charge in [-0.3, -0.25) is 10.1 Å². The summed E-state index contributed by atoms with van der Waals surface area (Å²) in [6, 6.07) is 5.12. The summed E-state index contributed by atoms with van der Waals surface area (Å²) in [5.41, 5.74) is 0.989. The summed E-state index contributed by atoms with van der Waals surface area (Å²) in [6.07, 6.45) is 3.56. The monoisotopic (exact) mass is 271 g/mol. The molecular weight excluding hydrogens is 254 g/mol. The van der Waals surface area contributed by atoms with E-state index in [4.69, 9.17) is 16.3 Å². The molecule has 0 saturated heterocycles. The Bertz CT molecular complexity index is 396.